The summed E-state index contributed by atoms with van der Waals surface area (Å²) in [6.07, 6.45) is -4.39. The summed E-state index contributed by atoms with van der Waals surface area (Å²) in [6.45, 7) is 2.11. The first-order chi connectivity index (χ1) is 8.28. The third kappa shape index (κ3) is 5.07. The molecule has 6 heteroatoms. The molecule has 1 rings (SSSR count). The SMILES string of the molecule is Cc1ccc(NC(C)C(=O)NCC(F)(F)F)cc1. The van der Waals surface area contributed by atoms with Gasteiger partial charge in [-0.1, -0.05) is 17.7 Å². The number of halogens is 3. The summed E-state index contributed by atoms with van der Waals surface area (Å²) in [4.78, 5) is 11.4. The Kier molecular flexibility index (Phi) is 4.58. The van der Waals surface area contributed by atoms with E-state index in [9.17, 15) is 18.0 Å². The molecule has 0 aliphatic heterocycles. The van der Waals surface area contributed by atoms with Crippen LogP contribution in [0.2, 0.25) is 0 Å². The molecule has 1 amide bonds. The molecule has 0 aliphatic carbocycles. The summed E-state index contributed by atoms with van der Waals surface area (Å²) in [7, 11) is 0. The lowest BCUT2D eigenvalue weighted by Gasteiger charge is -2.16. The Hall–Kier alpha value is -1.72. The van der Waals surface area contributed by atoms with E-state index in [-0.39, 0.29) is 0 Å². The van der Waals surface area contributed by atoms with Crippen molar-refractivity contribution in [2.45, 2.75) is 26.1 Å². The minimum atomic E-state index is -4.39. The average Bonchev–Trinajstić information content (AvgIpc) is 2.28. The number of carbonyl (C=O) groups excluding carboxylic acids is 1. The van der Waals surface area contributed by atoms with Crippen molar-refractivity contribution in [2.75, 3.05) is 11.9 Å². The largest absolute Gasteiger partial charge is 0.405 e. The zero-order chi connectivity index (χ0) is 13.8. The van der Waals surface area contributed by atoms with Gasteiger partial charge in [-0.15, -0.1) is 0 Å². The molecule has 0 spiro atoms. The first kappa shape index (κ1) is 14.3. The molecule has 0 aliphatic rings. The number of rotatable bonds is 4. The highest BCUT2D eigenvalue weighted by molar-refractivity contribution is 5.84. The maximum Gasteiger partial charge on any atom is 0.405 e. The van der Waals surface area contributed by atoms with Crippen LogP contribution >= 0.6 is 0 Å². The van der Waals surface area contributed by atoms with Gasteiger partial charge in [-0.25, -0.2) is 0 Å². The molecule has 1 atom stereocenters. The zero-order valence-corrected chi connectivity index (χ0v) is 10.1. The molecule has 3 nitrogen and oxygen atoms in total. The van der Waals surface area contributed by atoms with Gasteiger partial charge in [0.05, 0.1) is 0 Å². The fourth-order valence-corrected chi connectivity index (χ4v) is 1.31. The molecule has 2 N–H and O–H groups in total. The van der Waals surface area contributed by atoms with Gasteiger partial charge in [0.1, 0.15) is 12.6 Å². The molecule has 18 heavy (non-hydrogen) atoms. The molecule has 1 aromatic carbocycles. The monoisotopic (exact) mass is 260 g/mol. The number of benzene rings is 1. The van der Waals surface area contributed by atoms with Gasteiger partial charge in [0.2, 0.25) is 5.91 Å². The van der Waals surface area contributed by atoms with E-state index in [4.69, 9.17) is 0 Å². The first-order valence-corrected chi connectivity index (χ1v) is 5.45. The highest BCUT2D eigenvalue weighted by Crippen LogP contribution is 2.13. The molecular formula is C12H15F3N2O. The van der Waals surface area contributed by atoms with Crippen molar-refractivity contribution < 1.29 is 18.0 Å². The Balaban J connectivity index is 2.47. The van der Waals surface area contributed by atoms with Crippen LogP contribution in [0.3, 0.4) is 0 Å². The second-order valence-electron chi connectivity index (χ2n) is 4.07. The van der Waals surface area contributed by atoms with Crippen LogP contribution in [0, 0.1) is 6.92 Å². The average molecular weight is 260 g/mol. The summed E-state index contributed by atoms with van der Waals surface area (Å²) < 4.78 is 35.7. The number of aryl methyl sites for hydroxylation is 1. The molecule has 0 saturated heterocycles. The van der Waals surface area contributed by atoms with E-state index in [1.807, 2.05) is 24.4 Å². The summed E-state index contributed by atoms with van der Waals surface area (Å²) >= 11 is 0. The zero-order valence-electron chi connectivity index (χ0n) is 10.1. The van der Waals surface area contributed by atoms with Gasteiger partial charge in [-0.05, 0) is 26.0 Å². The molecule has 0 radical (unpaired) electrons. The smallest absolute Gasteiger partial charge is 0.374 e. The number of hydrogen-bond donors (Lipinski definition) is 2. The first-order valence-electron chi connectivity index (χ1n) is 5.45. The van der Waals surface area contributed by atoms with E-state index in [2.05, 4.69) is 5.32 Å². The second-order valence-corrected chi connectivity index (χ2v) is 4.07. The Morgan fingerprint density at radius 3 is 2.33 bits per heavy atom. The van der Waals surface area contributed by atoms with Gasteiger partial charge >= 0.3 is 6.18 Å². The lowest BCUT2D eigenvalue weighted by Crippen LogP contribution is -2.42. The molecule has 1 unspecified atom stereocenters. The number of nitrogens with one attached hydrogen (secondary N) is 2. The van der Waals surface area contributed by atoms with Gasteiger partial charge in [0.15, 0.2) is 0 Å². The van der Waals surface area contributed by atoms with Gasteiger partial charge < -0.3 is 10.6 Å². The summed E-state index contributed by atoms with van der Waals surface area (Å²) in [5.41, 5.74) is 1.75. The van der Waals surface area contributed by atoms with Crippen molar-refractivity contribution in [3.05, 3.63) is 29.8 Å². The second kappa shape index (κ2) is 5.75. The van der Waals surface area contributed by atoms with Gasteiger partial charge in [0.25, 0.3) is 0 Å². The van der Waals surface area contributed by atoms with Gasteiger partial charge in [0, 0.05) is 5.69 Å². The highest BCUT2D eigenvalue weighted by atomic mass is 19.4. The number of carbonyl (C=O) groups is 1. The maximum atomic E-state index is 11.9. The number of alkyl halides is 3. The molecule has 0 bridgehead atoms. The summed E-state index contributed by atoms with van der Waals surface area (Å²) in [5, 5.41) is 4.65. The third-order valence-corrected chi connectivity index (χ3v) is 2.29. The van der Waals surface area contributed by atoms with Crippen LogP contribution in [0.4, 0.5) is 18.9 Å². The van der Waals surface area contributed by atoms with E-state index < -0.39 is 24.7 Å². The van der Waals surface area contributed by atoms with Crippen LogP contribution in [-0.4, -0.2) is 24.7 Å². The standard InChI is InChI=1S/C12H15F3N2O/c1-8-3-5-10(6-4-8)17-9(2)11(18)16-7-12(13,14)15/h3-6,9,17H,7H2,1-2H3,(H,16,18). The molecule has 0 saturated carbocycles. The highest BCUT2D eigenvalue weighted by Gasteiger charge is 2.28. The molecule has 0 fully saturated rings. The van der Waals surface area contributed by atoms with Gasteiger partial charge in [-0.2, -0.15) is 13.2 Å². The predicted octanol–water partition coefficient (Wildman–Crippen LogP) is 2.47. The van der Waals surface area contributed by atoms with Crippen molar-refractivity contribution >= 4 is 11.6 Å². The van der Waals surface area contributed by atoms with Crippen LogP contribution in [0.15, 0.2) is 24.3 Å². The van der Waals surface area contributed by atoms with E-state index in [0.717, 1.165) is 5.56 Å². The predicted molar refractivity (Wildman–Crippen MR) is 63.3 cm³/mol. The Morgan fingerprint density at radius 1 is 1.28 bits per heavy atom. The molecule has 1 aromatic rings. The van der Waals surface area contributed by atoms with E-state index >= 15 is 0 Å². The molecule has 0 aromatic heterocycles. The van der Waals surface area contributed by atoms with Crippen molar-refractivity contribution in [3.8, 4) is 0 Å². The summed E-state index contributed by atoms with van der Waals surface area (Å²) in [6, 6.07) is 6.51. The Labute approximate surface area is 103 Å². The lowest BCUT2D eigenvalue weighted by molar-refractivity contribution is -0.138. The third-order valence-electron chi connectivity index (χ3n) is 2.29. The number of anilines is 1. The van der Waals surface area contributed by atoms with Gasteiger partial charge in [-0.3, -0.25) is 4.79 Å². The summed E-state index contributed by atoms with van der Waals surface area (Å²) in [5.74, 6) is -0.687. The van der Waals surface area contributed by atoms with Crippen LogP contribution < -0.4 is 10.6 Å². The van der Waals surface area contributed by atoms with Crippen molar-refractivity contribution in [1.82, 2.24) is 5.32 Å². The topological polar surface area (TPSA) is 41.1 Å². The Morgan fingerprint density at radius 2 is 1.83 bits per heavy atom. The van der Waals surface area contributed by atoms with E-state index in [1.54, 1.807) is 12.1 Å². The molecule has 0 heterocycles. The molecular weight excluding hydrogens is 245 g/mol. The van der Waals surface area contributed by atoms with Crippen LogP contribution in [-0.2, 0) is 4.79 Å². The maximum absolute atomic E-state index is 11.9. The minimum Gasteiger partial charge on any atom is -0.374 e. The van der Waals surface area contributed by atoms with Crippen molar-refractivity contribution in [2.24, 2.45) is 0 Å². The van der Waals surface area contributed by atoms with E-state index in [0.29, 0.717) is 5.69 Å². The number of hydrogen-bond acceptors (Lipinski definition) is 2. The van der Waals surface area contributed by atoms with Crippen LogP contribution in [0.1, 0.15) is 12.5 Å². The quantitative estimate of drug-likeness (QED) is 0.873. The van der Waals surface area contributed by atoms with Crippen molar-refractivity contribution in [1.29, 1.82) is 0 Å². The Bertz CT molecular complexity index is 401. The minimum absolute atomic E-state index is 0.687. The van der Waals surface area contributed by atoms with Crippen LogP contribution in [0.25, 0.3) is 0 Å². The number of amides is 1. The fourth-order valence-electron chi connectivity index (χ4n) is 1.31. The van der Waals surface area contributed by atoms with Crippen molar-refractivity contribution in [3.63, 3.8) is 0 Å². The van der Waals surface area contributed by atoms with E-state index in [1.165, 1.54) is 6.92 Å². The molecule has 100 valence electrons. The normalized spacial score (nSPS) is 12.9. The fraction of sp³-hybridized carbons (Fsp3) is 0.417. The lowest BCUT2D eigenvalue weighted by atomic mass is 10.2. The van der Waals surface area contributed by atoms with Crippen LogP contribution in [0.5, 0.6) is 0 Å².